The van der Waals surface area contributed by atoms with E-state index >= 15 is 0 Å². The Balaban J connectivity index is 1.65. The number of hydrogen-bond donors (Lipinski definition) is 2. The molecule has 1 unspecified atom stereocenters. The maximum atomic E-state index is 12.9. The van der Waals surface area contributed by atoms with Crippen molar-refractivity contribution in [3.8, 4) is 0 Å². The Bertz CT molecular complexity index is 923. The molecular formula is C22H22Cl2N4O. The molecule has 3 aromatic rings. The van der Waals surface area contributed by atoms with Gasteiger partial charge in [-0.2, -0.15) is 0 Å². The van der Waals surface area contributed by atoms with Gasteiger partial charge in [-0.05, 0) is 59.9 Å². The summed E-state index contributed by atoms with van der Waals surface area (Å²) in [7, 11) is 0. The van der Waals surface area contributed by atoms with Crippen molar-refractivity contribution in [3.63, 3.8) is 0 Å². The Labute approximate surface area is 180 Å². The summed E-state index contributed by atoms with van der Waals surface area (Å²) in [6.07, 6.45) is 8.52. The van der Waals surface area contributed by atoms with E-state index in [0.717, 1.165) is 24.0 Å². The molecular weight excluding hydrogens is 407 g/mol. The van der Waals surface area contributed by atoms with Gasteiger partial charge in [0.15, 0.2) is 0 Å². The molecule has 0 saturated carbocycles. The number of halogens is 2. The molecule has 0 radical (unpaired) electrons. The molecule has 5 nitrogen and oxygen atoms in total. The molecule has 29 heavy (non-hydrogen) atoms. The number of rotatable bonds is 9. The third kappa shape index (κ3) is 6.53. The fourth-order valence-corrected chi connectivity index (χ4v) is 3.49. The first kappa shape index (κ1) is 21.2. The number of carbonyl (C=O) groups excluding carboxylic acids is 1. The van der Waals surface area contributed by atoms with Crippen LogP contribution in [0.3, 0.4) is 0 Å². The first-order valence-corrected chi connectivity index (χ1v) is 10.1. The first-order valence-electron chi connectivity index (χ1n) is 9.37. The summed E-state index contributed by atoms with van der Waals surface area (Å²) in [4.78, 5) is 21.0. The van der Waals surface area contributed by atoms with Gasteiger partial charge in [0.05, 0.1) is 0 Å². The molecule has 150 valence electrons. The van der Waals surface area contributed by atoms with Crippen LogP contribution in [0.4, 0.5) is 0 Å². The molecule has 7 heteroatoms. The normalized spacial score (nSPS) is 11.8. The van der Waals surface area contributed by atoms with Crippen LogP contribution >= 0.6 is 23.2 Å². The number of nitrogens with zero attached hydrogens (tertiary/aromatic N) is 2. The monoisotopic (exact) mass is 428 g/mol. The molecule has 2 heterocycles. The highest BCUT2D eigenvalue weighted by Gasteiger charge is 2.22. The Morgan fingerprint density at radius 3 is 2.45 bits per heavy atom. The zero-order valence-corrected chi connectivity index (χ0v) is 17.3. The van der Waals surface area contributed by atoms with Gasteiger partial charge in [-0.15, -0.1) is 0 Å². The molecule has 0 fully saturated rings. The average molecular weight is 429 g/mol. The van der Waals surface area contributed by atoms with Gasteiger partial charge in [0.2, 0.25) is 5.91 Å². The molecule has 2 aromatic heterocycles. The van der Waals surface area contributed by atoms with Crippen LogP contribution in [0.25, 0.3) is 0 Å². The molecule has 2 N–H and O–H groups in total. The summed E-state index contributed by atoms with van der Waals surface area (Å²) in [6.45, 7) is 1.13. The summed E-state index contributed by atoms with van der Waals surface area (Å²) < 4.78 is 0. The van der Waals surface area contributed by atoms with E-state index in [2.05, 4.69) is 20.6 Å². The Hall–Kier alpha value is -2.47. The summed E-state index contributed by atoms with van der Waals surface area (Å²) in [5.74, 6) is -0.130. The summed E-state index contributed by atoms with van der Waals surface area (Å²) in [5.41, 5.74) is 2.91. The number of nitrogens with one attached hydrogen (secondary N) is 2. The smallest absolute Gasteiger partial charge is 0.241 e. The minimum atomic E-state index is -0.575. The predicted octanol–water partition coefficient (Wildman–Crippen LogP) is 4.02. The summed E-state index contributed by atoms with van der Waals surface area (Å²) in [6, 6.07) is 12.4. The van der Waals surface area contributed by atoms with Crippen molar-refractivity contribution >= 4 is 29.1 Å². The fraction of sp³-hybridized carbons (Fsp3) is 0.227. The lowest BCUT2D eigenvalue weighted by Gasteiger charge is -2.20. The number of benzene rings is 1. The minimum absolute atomic E-state index is 0.130. The number of aromatic nitrogens is 2. The van der Waals surface area contributed by atoms with Crippen LogP contribution in [0.5, 0.6) is 0 Å². The van der Waals surface area contributed by atoms with Gasteiger partial charge >= 0.3 is 0 Å². The molecule has 0 aliphatic heterocycles. The van der Waals surface area contributed by atoms with Crippen LogP contribution in [0, 0.1) is 0 Å². The largest absolute Gasteiger partial charge is 0.354 e. The Morgan fingerprint density at radius 2 is 1.72 bits per heavy atom. The van der Waals surface area contributed by atoms with E-state index in [1.54, 1.807) is 36.8 Å². The second-order valence-electron chi connectivity index (χ2n) is 6.56. The highest BCUT2D eigenvalue weighted by Crippen LogP contribution is 2.26. The van der Waals surface area contributed by atoms with E-state index < -0.39 is 6.04 Å². The van der Waals surface area contributed by atoms with Gasteiger partial charge in [-0.1, -0.05) is 35.3 Å². The van der Waals surface area contributed by atoms with Crippen molar-refractivity contribution in [2.24, 2.45) is 0 Å². The minimum Gasteiger partial charge on any atom is -0.354 e. The Kier molecular flexibility index (Phi) is 7.99. The van der Waals surface area contributed by atoms with Gasteiger partial charge < -0.3 is 10.6 Å². The quantitative estimate of drug-likeness (QED) is 0.539. The van der Waals surface area contributed by atoms with Crippen LogP contribution in [-0.2, 0) is 17.6 Å². The van der Waals surface area contributed by atoms with Gasteiger partial charge in [0.1, 0.15) is 6.04 Å². The zero-order chi connectivity index (χ0) is 20.5. The average Bonchev–Trinajstić information content (AvgIpc) is 2.73. The van der Waals surface area contributed by atoms with Crippen molar-refractivity contribution < 1.29 is 4.79 Å². The van der Waals surface area contributed by atoms with E-state index in [-0.39, 0.29) is 5.91 Å². The van der Waals surface area contributed by atoms with E-state index in [9.17, 15) is 4.79 Å². The predicted molar refractivity (Wildman–Crippen MR) is 116 cm³/mol. The SMILES string of the molecule is O=C(NCCc1ccncc1)C(NCCc1cccnc1)c1ccc(Cl)cc1Cl. The van der Waals surface area contributed by atoms with Crippen molar-refractivity contribution in [2.75, 3.05) is 13.1 Å². The lowest BCUT2D eigenvalue weighted by atomic mass is 10.1. The molecule has 0 saturated heterocycles. The maximum Gasteiger partial charge on any atom is 0.241 e. The van der Waals surface area contributed by atoms with Crippen molar-refractivity contribution in [1.29, 1.82) is 0 Å². The van der Waals surface area contributed by atoms with Crippen molar-refractivity contribution in [3.05, 3.63) is 94.0 Å². The van der Waals surface area contributed by atoms with E-state index in [4.69, 9.17) is 23.2 Å². The first-order chi connectivity index (χ1) is 14.1. The van der Waals surface area contributed by atoms with Crippen LogP contribution < -0.4 is 10.6 Å². The van der Waals surface area contributed by atoms with E-state index in [0.29, 0.717) is 28.7 Å². The third-order valence-electron chi connectivity index (χ3n) is 4.48. The summed E-state index contributed by atoms with van der Waals surface area (Å²) in [5, 5.41) is 7.30. The molecule has 3 rings (SSSR count). The lowest BCUT2D eigenvalue weighted by Crippen LogP contribution is -2.39. The van der Waals surface area contributed by atoms with Gasteiger partial charge in [0.25, 0.3) is 0 Å². The fourth-order valence-electron chi connectivity index (χ4n) is 2.97. The van der Waals surface area contributed by atoms with E-state index in [1.165, 1.54) is 0 Å². The highest BCUT2D eigenvalue weighted by molar-refractivity contribution is 6.35. The van der Waals surface area contributed by atoms with Gasteiger partial charge in [0, 0.05) is 47.9 Å². The molecule has 1 aromatic carbocycles. The highest BCUT2D eigenvalue weighted by atomic mass is 35.5. The van der Waals surface area contributed by atoms with Crippen LogP contribution in [0.1, 0.15) is 22.7 Å². The van der Waals surface area contributed by atoms with E-state index in [1.807, 2.05) is 30.5 Å². The topological polar surface area (TPSA) is 66.9 Å². The molecule has 1 amide bonds. The van der Waals surface area contributed by atoms with Gasteiger partial charge in [-0.25, -0.2) is 0 Å². The molecule has 1 atom stereocenters. The Morgan fingerprint density at radius 1 is 0.931 bits per heavy atom. The number of hydrogen-bond acceptors (Lipinski definition) is 4. The number of carbonyl (C=O) groups is 1. The number of amides is 1. The zero-order valence-electron chi connectivity index (χ0n) is 15.8. The summed E-state index contributed by atoms with van der Waals surface area (Å²) >= 11 is 12.4. The maximum absolute atomic E-state index is 12.9. The van der Waals surface area contributed by atoms with Crippen LogP contribution in [0.15, 0.2) is 67.3 Å². The lowest BCUT2D eigenvalue weighted by molar-refractivity contribution is -0.123. The van der Waals surface area contributed by atoms with Crippen LogP contribution in [0.2, 0.25) is 10.0 Å². The molecule has 0 bridgehead atoms. The number of pyridine rings is 2. The van der Waals surface area contributed by atoms with Crippen molar-refractivity contribution in [1.82, 2.24) is 20.6 Å². The molecule has 0 aliphatic rings. The second-order valence-corrected chi connectivity index (χ2v) is 7.40. The molecule has 0 aliphatic carbocycles. The van der Waals surface area contributed by atoms with Crippen molar-refractivity contribution in [2.45, 2.75) is 18.9 Å². The third-order valence-corrected chi connectivity index (χ3v) is 5.05. The standard InChI is InChI=1S/C22H22Cl2N4O/c23-18-3-4-19(20(24)14-18)21(27-12-8-17-2-1-9-26-15-17)22(29)28-13-7-16-5-10-25-11-6-16/h1-6,9-11,14-15,21,27H,7-8,12-13H2,(H,28,29). The second kappa shape index (κ2) is 10.9. The van der Waals surface area contributed by atoms with Gasteiger partial charge in [-0.3, -0.25) is 14.8 Å². The van der Waals surface area contributed by atoms with Crippen LogP contribution in [-0.4, -0.2) is 29.0 Å². The molecule has 0 spiro atoms.